The SMILES string of the molecule is CCNC(C1CCC(CC)CC1)C1CCCCS1. The third-order valence-corrected chi connectivity index (χ3v) is 6.51. The van der Waals surface area contributed by atoms with Crippen LogP contribution in [-0.4, -0.2) is 23.6 Å². The van der Waals surface area contributed by atoms with E-state index in [9.17, 15) is 0 Å². The number of rotatable bonds is 5. The molecule has 0 spiro atoms. The van der Waals surface area contributed by atoms with E-state index in [0.29, 0.717) is 0 Å². The van der Waals surface area contributed by atoms with Gasteiger partial charge in [0.15, 0.2) is 0 Å². The molecule has 2 aliphatic rings. The molecule has 0 amide bonds. The van der Waals surface area contributed by atoms with Crippen molar-refractivity contribution in [1.29, 1.82) is 0 Å². The highest BCUT2D eigenvalue weighted by Crippen LogP contribution is 2.38. The maximum atomic E-state index is 3.83. The molecule has 0 bridgehead atoms. The zero-order chi connectivity index (χ0) is 12.8. The van der Waals surface area contributed by atoms with Gasteiger partial charge in [-0.15, -0.1) is 0 Å². The van der Waals surface area contributed by atoms with Crippen molar-refractivity contribution in [2.75, 3.05) is 12.3 Å². The van der Waals surface area contributed by atoms with Gasteiger partial charge in [0.1, 0.15) is 0 Å². The van der Waals surface area contributed by atoms with Crippen LogP contribution in [0, 0.1) is 11.8 Å². The first-order chi connectivity index (χ1) is 8.85. The summed E-state index contributed by atoms with van der Waals surface area (Å²) in [7, 11) is 0. The van der Waals surface area contributed by atoms with Gasteiger partial charge in [0, 0.05) is 11.3 Å². The highest BCUT2D eigenvalue weighted by molar-refractivity contribution is 8.00. The molecule has 2 heteroatoms. The Morgan fingerprint density at radius 1 is 1.06 bits per heavy atom. The predicted octanol–water partition coefficient (Wildman–Crippen LogP) is 4.47. The second-order valence-electron chi connectivity index (χ2n) is 6.18. The van der Waals surface area contributed by atoms with Crippen LogP contribution in [0.1, 0.15) is 65.2 Å². The highest BCUT2D eigenvalue weighted by atomic mass is 32.2. The molecule has 1 heterocycles. The third-order valence-electron chi connectivity index (χ3n) is 5.03. The highest BCUT2D eigenvalue weighted by Gasteiger charge is 2.32. The molecule has 1 N–H and O–H groups in total. The number of thioether (sulfide) groups is 1. The maximum Gasteiger partial charge on any atom is 0.0214 e. The number of hydrogen-bond acceptors (Lipinski definition) is 2. The summed E-state index contributed by atoms with van der Waals surface area (Å²) in [6.45, 7) is 5.79. The van der Waals surface area contributed by atoms with Gasteiger partial charge in [-0.05, 0) is 49.8 Å². The monoisotopic (exact) mass is 269 g/mol. The normalized spacial score (nSPS) is 35.3. The summed E-state index contributed by atoms with van der Waals surface area (Å²) >= 11 is 2.25. The predicted molar refractivity (Wildman–Crippen MR) is 83.3 cm³/mol. The average molecular weight is 269 g/mol. The summed E-state index contributed by atoms with van der Waals surface area (Å²) in [6, 6.07) is 0.804. The molecule has 2 fully saturated rings. The second kappa shape index (κ2) is 7.79. The van der Waals surface area contributed by atoms with Crippen molar-refractivity contribution in [3.8, 4) is 0 Å². The number of nitrogens with one attached hydrogen (secondary N) is 1. The lowest BCUT2D eigenvalue weighted by Crippen LogP contribution is -2.46. The lowest BCUT2D eigenvalue weighted by molar-refractivity contribution is 0.212. The molecule has 1 aliphatic heterocycles. The molecule has 2 atom stereocenters. The molecule has 1 aliphatic carbocycles. The van der Waals surface area contributed by atoms with Crippen molar-refractivity contribution in [3.05, 3.63) is 0 Å². The van der Waals surface area contributed by atoms with Crippen molar-refractivity contribution in [2.24, 2.45) is 11.8 Å². The zero-order valence-electron chi connectivity index (χ0n) is 12.3. The van der Waals surface area contributed by atoms with E-state index in [1.807, 2.05) is 0 Å². The zero-order valence-corrected chi connectivity index (χ0v) is 13.1. The van der Waals surface area contributed by atoms with E-state index in [1.165, 1.54) is 57.1 Å². The molecule has 106 valence electrons. The first-order valence-corrected chi connectivity index (χ1v) is 9.25. The Morgan fingerprint density at radius 2 is 1.83 bits per heavy atom. The Labute approximate surface area is 118 Å². The molecular weight excluding hydrogens is 238 g/mol. The van der Waals surface area contributed by atoms with E-state index in [-0.39, 0.29) is 0 Å². The van der Waals surface area contributed by atoms with Gasteiger partial charge >= 0.3 is 0 Å². The molecule has 0 aromatic carbocycles. The topological polar surface area (TPSA) is 12.0 Å². The Kier molecular flexibility index (Phi) is 6.37. The summed E-state index contributed by atoms with van der Waals surface area (Å²) < 4.78 is 0. The van der Waals surface area contributed by atoms with Crippen LogP contribution in [0.4, 0.5) is 0 Å². The van der Waals surface area contributed by atoms with E-state index in [4.69, 9.17) is 0 Å². The van der Waals surface area contributed by atoms with Crippen molar-refractivity contribution in [2.45, 2.75) is 76.5 Å². The van der Waals surface area contributed by atoms with Crippen molar-refractivity contribution >= 4 is 11.8 Å². The van der Waals surface area contributed by atoms with Gasteiger partial charge in [-0.3, -0.25) is 0 Å². The van der Waals surface area contributed by atoms with Crippen LogP contribution in [0.25, 0.3) is 0 Å². The lowest BCUT2D eigenvalue weighted by atomic mass is 9.76. The smallest absolute Gasteiger partial charge is 0.0214 e. The molecule has 0 aromatic rings. The Balaban J connectivity index is 1.88. The largest absolute Gasteiger partial charge is 0.313 e. The van der Waals surface area contributed by atoms with E-state index in [0.717, 1.165) is 29.7 Å². The number of hydrogen-bond donors (Lipinski definition) is 1. The van der Waals surface area contributed by atoms with Crippen molar-refractivity contribution in [1.82, 2.24) is 5.32 Å². The lowest BCUT2D eigenvalue weighted by Gasteiger charge is -2.39. The van der Waals surface area contributed by atoms with Crippen LogP contribution in [0.15, 0.2) is 0 Å². The van der Waals surface area contributed by atoms with Crippen LogP contribution < -0.4 is 5.32 Å². The van der Waals surface area contributed by atoms with Gasteiger partial charge in [-0.25, -0.2) is 0 Å². The fraction of sp³-hybridized carbons (Fsp3) is 1.00. The van der Waals surface area contributed by atoms with Crippen LogP contribution in [-0.2, 0) is 0 Å². The van der Waals surface area contributed by atoms with Crippen molar-refractivity contribution in [3.63, 3.8) is 0 Å². The Hall–Kier alpha value is 0.310. The minimum atomic E-state index is 0.804. The minimum absolute atomic E-state index is 0.804. The van der Waals surface area contributed by atoms with Gasteiger partial charge in [0.05, 0.1) is 0 Å². The fourth-order valence-electron chi connectivity index (χ4n) is 3.84. The molecule has 2 rings (SSSR count). The van der Waals surface area contributed by atoms with Crippen LogP contribution in [0.5, 0.6) is 0 Å². The summed E-state index contributed by atoms with van der Waals surface area (Å²) in [5.74, 6) is 3.39. The fourth-order valence-corrected chi connectivity index (χ4v) is 5.37. The first kappa shape index (κ1) is 14.7. The molecule has 1 saturated carbocycles. The molecule has 1 nitrogen and oxygen atoms in total. The summed E-state index contributed by atoms with van der Waals surface area (Å²) in [5, 5.41) is 4.74. The van der Waals surface area contributed by atoms with E-state index >= 15 is 0 Å². The third kappa shape index (κ3) is 3.90. The summed E-state index contributed by atoms with van der Waals surface area (Å²) in [5.41, 5.74) is 0. The van der Waals surface area contributed by atoms with Crippen LogP contribution in [0.3, 0.4) is 0 Å². The van der Waals surface area contributed by atoms with Crippen molar-refractivity contribution < 1.29 is 0 Å². The molecule has 1 saturated heterocycles. The molecule has 0 aromatic heterocycles. The molecule has 2 unspecified atom stereocenters. The minimum Gasteiger partial charge on any atom is -0.313 e. The van der Waals surface area contributed by atoms with E-state index in [1.54, 1.807) is 0 Å². The van der Waals surface area contributed by atoms with Gasteiger partial charge in [0.2, 0.25) is 0 Å². The van der Waals surface area contributed by atoms with E-state index in [2.05, 4.69) is 30.9 Å². The van der Waals surface area contributed by atoms with Crippen LogP contribution >= 0.6 is 11.8 Å². The van der Waals surface area contributed by atoms with E-state index < -0.39 is 0 Å². The quantitative estimate of drug-likeness (QED) is 0.790. The van der Waals surface area contributed by atoms with Gasteiger partial charge in [-0.1, -0.05) is 39.5 Å². The second-order valence-corrected chi connectivity index (χ2v) is 7.52. The molecule has 0 radical (unpaired) electrons. The molecular formula is C16H31NS. The Morgan fingerprint density at radius 3 is 2.39 bits per heavy atom. The van der Waals surface area contributed by atoms with Gasteiger partial charge in [0.25, 0.3) is 0 Å². The first-order valence-electron chi connectivity index (χ1n) is 8.20. The Bertz CT molecular complexity index is 217. The van der Waals surface area contributed by atoms with Gasteiger partial charge in [-0.2, -0.15) is 11.8 Å². The molecule has 18 heavy (non-hydrogen) atoms. The summed E-state index contributed by atoms with van der Waals surface area (Å²) in [6.07, 6.45) is 11.7. The standard InChI is InChI=1S/C16H31NS/c1-3-13-8-10-14(11-9-13)16(17-4-2)15-7-5-6-12-18-15/h13-17H,3-12H2,1-2H3. The maximum absolute atomic E-state index is 3.83. The van der Waals surface area contributed by atoms with Crippen LogP contribution in [0.2, 0.25) is 0 Å². The average Bonchev–Trinajstić information content (AvgIpc) is 2.46. The summed E-state index contributed by atoms with van der Waals surface area (Å²) in [4.78, 5) is 0. The van der Waals surface area contributed by atoms with Gasteiger partial charge < -0.3 is 5.32 Å².